The average molecular weight is 445 g/mol. The summed E-state index contributed by atoms with van der Waals surface area (Å²) < 4.78 is 11.3. The predicted octanol–water partition coefficient (Wildman–Crippen LogP) is 6.24. The number of ether oxygens (including phenoxy) is 1. The van der Waals surface area contributed by atoms with E-state index in [0.717, 1.165) is 22.2 Å². The van der Waals surface area contributed by atoms with Crippen LogP contribution in [0.5, 0.6) is 0 Å². The summed E-state index contributed by atoms with van der Waals surface area (Å²) in [6, 6.07) is 29.9. The van der Waals surface area contributed by atoms with Crippen LogP contribution in [0, 0.1) is 11.3 Å². The van der Waals surface area contributed by atoms with E-state index in [1.807, 2.05) is 60.7 Å². The van der Waals surface area contributed by atoms with E-state index in [9.17, 15) is 10.1 Å². The van der Waals surface area contributed by atoms with E-state index in [-0.39, 0.29) is 12.6 Å². The minimum Gasteiger partial charge on any atom is -0.457 e. The van der Waals surface area contributed by atoms with Crippen molar-refractivity contribution < 1.29 is 13.9 Å². The number of aromatic amines is 1. The van der Waals surface area contributed by atoms with Crippen LogP contribution in [-0.4, -0.2) is 15.9 Å². The number of furan rings is 1. The van der Waals surface area contributed by atoms with Crippen LogP contribution in [0.25, 0.3) is 34.0 Å². The maximum Gasteiger partial charge on any atom is 0.338 e. The van der Waals surface area contributed by atoms with Crippen LogP contribution >= 0.6 is 0 Å². The van der Waals surface area contributed by atoms with Gasteiger partial charge >= 0.3 is 5.97 Å². The maximum absolute atomic E-state index is 12.3. The first-order chi connectivity index (χ1) is 16.7. The van der Waals surface area contributed by atoms with Crippen LogP contribution in [0.15, 0.2) is 95.4 Å². The number of para-hydroxylation sites is 2. The monoisotopic (exact) mass is 445 g/mol. The van der Waals surface area contributed by atoms with Gasteiger partial charge in [-0.2, -0.15) is 5.26 Å². The van der Waals surface area contributed by atoms with Gasteiger partial charge in [0.2, 0.25) is 0 Å². The Kier molecular flexibility index (Phi) is 5.74. The summed E-state index contributed by atoms with van der Waals surface area (Å²) in [5.74, 6) is 1.25. The standard InChI is InChI=1S/C28H19N3O3/c29-17-22(27-30-24-8-4-5-9-25(24)31-27)16-23-14-15-26(34-23)20-10-12-21(13-11-20)28(32)33-18-19-6-2-1-3-7-19/h1-16H,18H2,(H,30,31). The number of carbonyl (C=O) groups is 1. The molecule has 0 aliphatic rings. The molecule has 6 heteroatoms. The van der Waals surface area contributed by atoms with Gasteiger partial charge in [-0.1, -0.05) is 54.6 Å². The number of hydrogen-bond acceptors (Lipinski definition) is 5. The van der Waals surface area contributed by atoms with Gasteiger partial charge in [-0.25, -0.2) is 9.78 Å². The minimum atomic E-state index is -0.386. The SMILES string of the molecule is N#CC(=Cc1ccc(-c2ccc(C(=O)OCc3ccccc3)cc2)o1)c1nc2ccccc2[nH]1. The Morgan fingerprint density at radius 3 is 2.50 bits per heavy atom. The molecule has 0 spiro atoms. The zero-order valence-electron chi connectivity index (χ0n) is 18.1. The summed E-state index contributed by atoms with van der Waals surface area (Å²) in [6.07, 6.45) is 1.65. The number of esters is 1. The Labute approximate surface area is 195 Å². The van der Waals surface area contributed by atoms with Crippen molar-refractivity contribution in [2.45, 2.75) is 6.61 Å². The topological polar surface area (TPSA) is 91.9 Å². The number of fused-ring (bicyclic) bond motifs is 1. The Morgan fingerprint density at radius 1 is 0.971 bits per heavy atom. The largest absolute Gasteiger partial charge is 0.457 e. The van der Waals surface area contributed by atoms with Crippen molar-refractivity contribution in [3.05, 3.63) is 114 Å². The summed E-state index contributed by atoms with van der Waals surface area (Å²) >= 11 is 0. The van der Waals surface area contributed by atoms with Crippen molar-refractivity contribution in [2.75, 3.05) is 0 Å². The number of imidazole rings is 1. The smallest absolute Gasteiger partial charge is 0.338 e. The van der Waals surface area contributed by atoms with Gasteiger partial charge in [-0.05, 0) is 42.0 Å². The maximum atomic E-state index is 12.3. The number of hydrogen-bond donors (Lipinski definition) is 1. The molecule has 5 aromatic rings. The quantitative estimate of drug-likeness (QED) is 0.247. The average Bonchev–Trinajstić information content (AvgIpc) is 3.53. The first kappa shape index (κ1) is 21.0. The van der Waals surface area contributed by atoms with Crippen LogP contribution in [0.2, 0.25) is 0 Å². The Bertz CT molecular complexity index is 1490. The van der Waals surface area contributed by atoms with E-state index < -0.39 is 0 Å². The third-order valence-electron chi connectivity index (χ3n) is 5.30. The third kappa shape index (κ3) is 4.50. The normalized spacial score (nSPS) is 11.3. The molecule has 0 amide bonds. The second-order valence-corrected chi connectivity index (χ2v) is 7.61. The first-order valence-corrected chi connectivity index (χ1v) is 10.7. The molecule has 164 valence electrons. The molecular weight excluding hydrogens is 426 g/mol. The molecule has 0 saturated heterocycles. The van der Waals surface area contributed by atoms with Crippen LogP contribution < -0.4 is 0 Å². The number of allylic oxidation sites excluding steroid dienone is 1. The highest BCUT2D eigenvalue weighted by Gasteiger charge is 2.11. The van der Waals surface area contributed by atoms with Crippen LogP contribution in [0.1, 0.15) is 27.5 Å². The zero-order chi connectivity index (χ0) is 23.3. The van der Waals surface area contributed by atoms with Crippen molar-refractivity contribution in [2.24, 2.45) is 0 Å². The van der Waals surface area contributed by atoms with E-state index in [4.69, 9.17) is 9.15 Å². The van der Waals surface area contributed by atoms with Gasteiger partial charge in [0.25, 0.3) is 0 Å². The number of benzene rings is 3. The Morgan fingerprint density at radius 2 is 1.74 bits per heavy atom. The molecule has 0 bridgehead atoms. The molecule has 2 aromatic heterocycles. The third-order valence-corrected chi connectivity index (χ3v) is 5.30. The molecule has 5 rings (SSSR count). The molecule has 3 aromatic carbocycles. The zero-order valence-corrected chi connectivity index (χ0v) is 18.1. The Hall–Kier alpha value is -4.89. The lowest BCUT2D eigenvalue weighted by Gasteiger charge is -2.05. The minimum absolute atomic E-state index is 0.224. The fraction of sp³-hybridized carbons (Fsp3) is 0.0357. The van der Waals surface area contributed by atoms with E-state index in [0.29, 0.717) is 28.5 Å². The summed E-state index contributed by atoms with van der Waals surface area (Å²) in [5.41, 5.74) is 4.23. The lowest BCUT2D eigenvalue weighted by molar-refractivity contribution is 0.0472. The first-order valence-electron chi connectivity index (χ1n) is 10.7. The molecule has 0 aliphatic heterocycles. The lowest BCUT2D eigenvalue weighted by Crippen LogP contribution is -2.04. The number of nitrogens with zero attached hydrogens (tertiary/aromatic N) is 2. The molecule has 0 unspecified atom stereocenters. The van der Waals surface area contributed by atoms with Gasteiger partial charge < -0.3 is 14.1 Å². The van der Waals surface area contributed by atoms with E-state index >= 15 is 0 Å². The fourth-order valence-electron chi connectivity index (χ4n) is 3.54. The highest BCUT2D eigenvalue weighted by molar-refractivity contribution is 5.91. The molecule has 2 heterocycles. The molecule has 6 nitrogen and oxygen atoms in total. The van der Waals surface area contributed by atoms with Crippen molar-refractivity contribution in [1.82, 2.24) is 9.97 Å². The van der Waals surface area contributed by atoms with Gasteiger partial charge in [0, 0.05) is 11.6 Å². The number of carbonyl (C=O) groups excluding carboxylic acids is 1. The van der Waals surface area contributed by atoms with Gasteiger partial charge in [-0.15, -0.1) is 0 Å². The molecule has 0 aliphatic carbocycles. The Balaban J connectivity index is 1.30. The van der Waals surface area contributed by atoms with Gasteiger partial charge in [-0.3, -0.25) is 0 Å². The highest BCUT2D eigenvalue weighted by atomic mass is 16.5. The van der Waals surface area contributed by atoms with Crippen molar-refractivity contribution in [3.8, 4) is 17.4 Å². The summed E-state index contributed by atoms with van der Waals surface area (Å²) in [7, 11) is 0. The summed E-state index contributed by atoms with van der Waals surface area (Å²) in [5, 5.41) is 9.63. The molecule has 1 N–H and O–H groups in total. The van der Waals surface area contributed by atoms with E-state index in [2.05, 4.69) is 16.0 Å². The number of aromatic nitrogens is 2. The van der Waals surface area contributed by atoms with Crippen LogP contribution in [0.4, 0.5) is 0 Å². The van der Waals surface area contributed by atoms with E-state index in [1.165, 1.54) is 0 Å². The van der Waals surface area contributed by atoms with Gasteiger partial charge in [0.1, 0.15) is 30.0 Å². The molecule has 0 saturated carbocycles. The number of nitriles is 1. The molecule has 0 fully saturated rings. The van der Waals surface area contributed by atoms with E-state index in [1.54, 1.807) is 36.4 Å². The summed E-state index contributed by atoms with van der Waals surface area (Å²) in [6.45, 7) is 0.224. The number of rotatable bonds is 6. The molecule has 0 atom stereocenters. The van der Waals surface area contributed by atoms with Crippen molar-refractivity contribution in [1.29, 1.82) is 5.26 Å². The van der Waals surface area contributed by atoms with Gasteiger partial charge in [0.05, 0.1) is 22.2 Å². The molecule has 0 radical (unpaired) electrons. The lowest BCUT2D eigenvalue weighted by atomic mass is 10.1. The van der Waals surface area contributed by atoms with Crippen molar-refractivity contribution in [3.63, 3.8) is 0 Å². The molecular formula is C28H19N3O3. The predicted molar refractivity (Wildman–Crippen MR) is 129 cm³/mol. The summed E-state index contributed by atoms with van der Waals surface area (Å²) in [4.78, 5) is 20.0. The fourth-order valence-corrected chi connectivity index (χ4v) is 3.54. The number of H-pyrrole nitrogens is 1. The van der Waals surface area contributed by atoms with Crippen LogP contribution in [-0.2, 0) is 11.3 Å². The second kappa shape index (κ2) is 9.31. The van der Waals surface area contributed by atoms with Crippen molar-refractivity contribution >= 4 is 28.7 Å². The second-order valence-electron chi connectivity index (χ2n) is 7.61. The van der Waals surface area contributed by atoms with Gasteiger partial charge in [0.15, 0.2) is 0 Å². The van der Waals surface area contributed by atoms with Crippen LogP contribution in [0.3, 0.4) is 0 Å². The molecule has 34 heavy (non-hydrogen) atoms. The highest BCUT2D eigenvalue weighted by Crippen LogP contribution is 2.26. The number of nitrogens with one attached hydrogen (secondary N) is 1.